The molecular weight excluding hydrogens is 414 g/mol. The molecule has 144 valence electrons. The number of carbonyl (C=O) groups is 2. The molecule has 0 spiro atoms. The normalized spacial score (nSPS) is 10.9. The van der Waals surface area contributed by atoms with Gasteiger partial charge in [0.25, 0.3) is 11.8 Å². The SMILES string of the molecule is O=C(Nc1ccc2c(ccn2C(=O)c2c(Cl)cccc2Cl)c1)c1cccc(F)c1. The Labute approximate surface area is 175 Å². The van der Waals surface area contributed by atoms with Gasteiger partial charge in [0.15, 0.2) is 0 Å². The fraction of sp³-hybridized carbons (Fsp3) is 0. The minimum Gasteiger partial charge on any atom is -0.322 e. The zero-order valence-corrected chi connectivity index (χ0v) is 16.3. The lowest BCUT2D eigenvalue weighted by molar-refractivity contribution is 0.0964. The van der Waals surface area contributed by atoms with Gasteiger partial charge in [-0.05, 0) is 54.6 Å². The number of nitrogens with one attached hydrogen (secondary N) is 1. The molecule has 1 heterocycles. The van der Waals surface area contributed by atoms with Gasteiger partial charge in [-0.25, -0.2) is 4.39 Å². The molecule has 7 heteroatoms. The molecule has 0 aliphatic carbocycles. The number of benzene rings is 3. The van der Waals surface area contributed by atoms with Crippen molar-refractivity contribution in [1.29, 1.82) is 0 Å². The van der Waals surface area contributed by atoms with Crippen molar-refractivity contribution in [2.24, 2.45) is 0 Å². The van der Waals surface area contributed by atoms with E-state index in [9.17, 15) is 14.0 Å². The fourth-order valence-corrected chi connectivity index (χ4v) is 3.61. The first-order valence-corrected chi connectivity index (χ1v) is 9.36. The zero-order valence-electron chi connectivity index (χ0n) is 14.8. The number of hydrogen-bond acceptors (Lipinski definition) is 2. The summed E-state index contributed by atoms with van der Waals surface area (Å²) in [5.74, 6) is -1.27. The number of halogens is 3. The van der Waals surface area contributed by atoms with Gasteiger partial charge in [-0.2, -0.15) is 0 Å². The molecule has 0 saturated heterocycles. The van der Waals surface area contributed by atoms with Gasteiger partial charge in [0.2, 0.25) is 0 Å². The Morgan fingerprint density at radius 2 is 1.62 bits per heavy atom. The number of hydrogen-bond donors (Lipinski definition) is 1. The third-order valence-electron chi connectivity index (χ3n) is 4.43. The van der Waals surface area contributed by atoms with Crippen molar-refractivity contribution in [3.63, 3.8) is 0 Å². The molecule has 0 aliphatic rings. The van der Waals surface area contributed by atoms with Crippen molar-refractivity contribution in [2.45, 2.75) is 0 Å². The van der Waals surface area contributed by atoms with Crippen LogP contribution in [0.4, 0.5) is 10.1 Å². The Hall–Kier alpha value is -3.15. The van der Waals surface area contributed by atoms with Crippen LogP contribution in [0.15, 0.2) is 72.9 Å². The molecule has 4 nitrogen and oxygen atoms in total. The van der Waals surface area contributed by atoms with Crippen molar-refractivity contribution in [2.75, 3.05) is 5.32 Å². The maximum Gasteiger partial charge on any atom is 0.265 e. The van der Waals surface area contributed by atoms with Gasteiger partial charge in [-0.1, -0.05) is 35.3 Å². The molecule has 0 unspecified atom stereocenters. The Morgan fingerprint density at radius 3 is 2.34 bits per heavy atom. The lowest BCUT2D eigenvalue weighted by Crippen LogP contribution is -2.13. The molecule has 0 saturated carbocycles. The van der Waals surface area contributed by atoms with Gasteiger partial charge in [-0.15, -0.1) is 0 Å². The van der Waals surface area contributed by atoms with Crippen molar-refractivity contribution in [1.82, 2.24) is 4.57 Å². The van der Waals surface area contributed by atoms with Gasteiger partial charge in [0.05, 0.1) is 21.1 Å². The molecule has 0 atom stereocenters. The van der Waals surface area contributed by atoms with Gasteiger partial charge < -0.3 is 5.32 Å². The van der Waals surface area contributed by atoms with Gasteiger partial charge in [0.1, 0.15) is 5.82 Å². The van der Waals surface area contributed by atoms with Crippen molar-refractivity contribution in [3.05, 3.63) is 99.9 Å². The molecule has 0 bridgehead atoms. The van der Waals surface area contributed by atoms with Crippen LogP contribution in [-0.2, 0) is 0 Å². The van der Waals surface area contributed by atoms with Crippen LogP contribution in [0.25, 0.3) is 10.9 Å². The van der Waals surface area contributed by atoms with Crippen LogP contribution < -0.4 is 5.32 Å². The van der Waals surface area contributed by atoms with E-state index in [1.54, 1.807) is 48.7 Å². The molecule has 4 aromatic rings. The quantitative estimate of drug-likeness (QED) is 0.434. The Morgan fingerprint density at radius 1 is 0.897 bits per heavy atom. The molecule has 29 heavy (non-hydrogen) atoms. The third-order valence-corrected chi connectivity index (χ3v) is 5.06. The minimum atomic E-state index is -0.484. The second-order valence-electron chi connectivity index (χ2n) is 6.33. The number of amides is 1. The van der Waals surface area contributed by atoms with Crippen LogP contribution in [-0.4, -0.2) is 16.4 Å². The first kappa shape index (κ1) is 19.2. The zero-order chi connectivity index (χ0) is 20.5. The summed E-state index contributed by atoms with van der Waals surface area (Å²) in [6.07, 6.45) is 1.62. The lowest BCUT2D eigenvalue weighted by Gasteiger charge is -2.09. The Kier molecular flexibility index (Phi) is 5.09. The van der Waals surface area contributed by atoms with E-state index in [1.165, 1.54) is 22.8 Å². The molecule has 0 radical (unpaired) electrons. The highest BCUT2D eigenvalue weighted by atomic mass is 35.5. The summed E-state index contributed by atoms with van der Waals surface area (Å²) in [4.78, 5) is 25.2. The minimum absolute atomic E-state index is 0.214. The van der Waals surface area contributed by atoms with E-state index in [0.29, 0.717) is 11.2 Å². The largest absolute Gasteiger partial charge is 0.322 e. The van der Waals surface area contributed by atoms with Crippen LogP contribution in [0.2, 0.25) is 10.0 Å². The van der Waals surface area contributed by atoms with Crippen LogP contribution in [0.3, 0.4) is 0 Å². The summed E-state index contributed by atoms with van der Waals surface area (Å²) in [5, 5.41) is 3.99. The molecule has 0 fully saturated rings. The molecule has 1 aromatic heterocycles. The molecular formula is C22H13Cl2FN2O2. The van der Waals surface area contributed by atoms with E-state index in [4.69, 9.17) is 23.2 Å². The first-order valence-electron chi connectivity index (χ1n) is 8.61. The van der Waals surface area contributed by atoms with Crippen LogP contribution in [0.5, 0.6) is 0 Å². The van der Waals surface area contributed by atoms with Crippen molar-refractivity contribution in [3.8, 4) is 0 Å². The van der Waals surface area contributed by atoms with E-state index >= 15 is 0 Å². The maximum atomic E-state index is 13.3. The van der Waals surface area contributed by atoms with E-state index in [0.717, 1.165) is 11.5 Å². The highest BCUT2D eigenvalue weighted by Crippen LogP contribution is 2.28. The van der Waals surface area contributed by atoms with Crippen LogP contribution >= 0.6 is 23.2 Å². The lowest BCUT2D eigenvalue weighted by atomic mass is 10.2. The monoisotopic (exact) mass is 426 g/mol. The van der Waals surface area contributed by atoms with Gasteiger partial charge in [-0.3, -0.25) is 14.2 Å². The summed E-state index contributed by atoms with van der Waals surface area (Å²) in [7, 11) is 0. The Bertz CT molecular complexity index is 1250. The number of carbonyl (C=O) groups excluding carboxylic acids is 2. The number of rotatable bonds is 3. The molecule has 4 rings (SSSR count). The summed E-state index contributed by atoms with van der Waals surface area (Å²) in [6, 6.07) is 17.2. The number of aromatic nitrogens is 1. The second-order valence-corrected chi connectivity index (χ2v) is 7.14. The van der Waals surface area contributed by atoms with Crippen molar-refractivity contribution >= 4 is 51.6 Å². The van der Waals surface area contributed by atoms with Crippen LogP contribution in [0.1, 0.15) is 20.7 Å². The summed E-state index contributed by atoms with van der Waals surface area (Å²) < 4.78 is 14.8. The standard InChI is InChI=1S/C22H13Cl2FN2O2/c23-17-5-2-6-18(24)20(17)22(29)27-10-9-13-12-16(7-8-19(13)27)26-21(28)14-3-1-4-15(25)11-14/h1-12H,(H,26,28). The van der Waals surface area contributed by atoms with Crippen molar-refractivity contribution < 1.29 is 14.0 Å². The van der Waals surface area contributed by atoms with E-state index in [-0.39, 0.29) is 27.1 Å². The third kappa shape index (κ3) is 3.75. The smallest absolute Gasteiger partial charge is 0.265 e. The predicted molar refractivity (Wildman–Crippen MR) is 112 cm³/mol. The molecule has 1 N–H and O–H groups in total. The number of fused-ring (bicyclic) bond motifs is 1. The second kappa shape index (κ2) is 7.70. The molecule has 0 aliphatic heterocycles. The topological polar surface area (TPSA) is 51.1 Å². The van der Waals surface area contributed by atoms with Gasteiger partial charge >= 0.3 is 0 Å². The molecule has 3 aromatic carbocycles. The molecule has 1 amide bonds. The summed E-state index contributed by atoms with van der Waals surface area (Å²) >= 11 is 12.3. The van der Waals surface area contributed by atoms with E-state index in [1.807, 2.05) is 0 Å². The van der Waals surface area contributed by atoms with E-state index in [2.05, 4.69) is 5.32 Å². The number of nitrogens with zero attached hydrogens (tertiary/aromatic N) is 1. The maximum absolute atomic E-state index is 13.3. The Balaban J connectivity index is 1.64. The number of anilines is 1. The summed E-state index contributed by atoms with van der Waals surface area (Å²) in [5.41, 5.74) is 1.59. The average molecular weight is 427 g/mol. The summed E-state index contributed by atoms with van der Waals surface area (Å²) in [6.45, 7) is 0. The highest BCUT2D eigenvalue weighted by molar-refractivity contribution is 6.40. The van der Waals surface area contributed by atoms with E-state index < -0.39 is 11.7 Å². The highest BCUT2D eigenvalue weighted by Gasteiger charge is 2.18. The van der Waals surface area contributed by atoms with Gasteiger partial charge in [0, 0.05) is 22.8 Å². The predicted octanol–water partition coefficient (Wildman–Crippen LogP) is 6.03. The fourth-order valence-electron chi connectivity index (χ4n) is 3.05. The van der Waals surface area contributed by atoms with Crippen LogP contribution in [0, 0.1) is 5.82 Å². The first-order chi connectivity index (χ1) is 13.9. The average Bonchev–Trinajstić information content (AvgIpc) is 3.11.